The number of carbonyl (C=O) groups excluding carboxylic acids is 1. The molecule has 1 aliphatic rings. The van der Waals surface area contributed by atoms with Gasteiger partial charge in [-0.25, -0.2) is 9.97 Å². The molecule has 1 atom stereocenters. The summed E-state index contributed by atoms with van der Waals surface area (Å²) in [6.45, 7) is 1.86. The van der Waals surface area contributed by atoms with Gasteiger partial charge in [0.05, 0.1) is 21.9 Å². The molecule has 9 heteroatoms. The van der Waals surface area contributed by atoms with Crippen LogP contribution in [0, 0.1) is 17.0 Å². The van der Waals surface area contributed by atoms with Gasteiger partial charge < -0.3 is 4.42 Å². The summed E-state index contributed by atoms with van der Waals surface area (Å²) in [7, 11) is 0. The molecule has 0 aliphatic carbocycles. The van der Waals surface area contributed by atoms with Gasteiger partial charge in [-0.1, -0.05) is 11.6 Å². The van der Waals surface area contributed by atoms with Crippen LogP contribution in [-0.4, -0.2) is 20.8 Å². The third-order valence-electron chi connectivity index (χ3n) is 5.21. The lowest BCUT2D eigenvalue weighted by atomic mass is 9.98. The zero-order valence-electron chi connectivity index (χ0n) is 16.2. The van der Waals surface area contributed by atoms with Crippen molar-refractivity contribution in [2.45, 2.75) is 13.0 Å². The van der Waals surface area contributed by atoms with E-state index in [1.54, 1.807) is 24.3 Å². The largest absolute Gasteiger partial charge is 0.450 e. The SMILES string of the molecule is Cc1ccc2oc3c(c(=O)c2c1)C(c1ccc([N+](=O)[O-])cc1)N(c1ncccn1)C3=O. The number of nitrogens with zero attached hydrogens (tertiary/aromatic N) is 4. The molecule has 0 bridgehead atoms. The van der Waals surface area contributed by atoms with Crippen LogP contribution in [0.2, 0.25) is 0 Å². The lowest BCUT2D eigenvalue weighted by molar-refractivity contribution is -0.384. The maximum atomic E-state index is 13.5. The highest BCUT2D eigenvalue weighted by atomic mass is 16.6. The number of aromatic nitrogens is 2. The minimum Gasteiger partial charge on any atom is -0.450 e. The Bertz CT molecular complexity index is 1410. The Hall–Kier alpha value is -4.40. The van der Waals surface area contributed by atoms with Gasteiger partial charge in [0.15, 0.2) is 5.43 Å². The Morgan fingerprint density at radius 2 is 1.77 bits per heavy atom. The van der Waals surface area contributed by atoms with Crippen LogP contribution >= 0.6 is 0 Å². The molecule has 31 heavy (non-hydrogen) atoms. The Labute approximate surface area is 174 Å². The first kappa shape index (κ1) is 18.6. The monoisotopic (exact) mass is 414 g/mol. The highest BCUT2D eigenvalue weighted by Crippen LogP contribution is 2.40. The molecular formula is C22H14N4O5. The summed E-state index contributed by atoms with van der Waals surface area (Å²) in [5.74, 6) is -0.539. The van der Waals surface area contributed by atoms with Crippen LogP contribution in [0.4, 0.5) is 11.6 Å². The fourth-order valence-corrected chi connectivity index (χ4v) is 3.80. The Balaban J connectivity index is 1.79. The van der Waals surface area contributed by atoms with Crippen molar-refractivity contribution in [1.29, 1.82) is 0 Å². The summed E-state index contributed by atoms with van der Waals surface area (Å²) in [4.78, 5) is 47.0. The molecule has 0 N–H and O–H groups in total. The molecule has 1 amide bonds. The number of hydrogen-bond donors (Lipinski definition) is 0. The number of nitro benzene ring substituents is 1. The molecular weight excluding hydrogens is 400 g/mol. The standard InChI is InChI=1S/C22H14N4O5/c1-12-3-8-16-15(11-12)19(27)17-18(13-4-6-14(7-5-13)26(29)30)25(21(28)20(17)31-16)22-23-9-2-10-24-22/h2-11,18H,1H3. The van der Waals surface area contributed by atoms with Crippen molar-refractivity contribution in [1.82, 2.24) is 9.97 Å². The maximum absolute atomic E-state index is 13.5. The number of anilines is 1. The van der Waals surface area contributed by atoms with Gasteiger partial charge in [-0.15, -0.1) is 0 Å². The summed E-state index contributed by atoms with van der Waals surface area (Å²) < 4.78 is 5.86. The molecule has 9 nitrogen and oxygen atoms in total. The predicted molar refractivity (Wildman–Crippen MR) is 111 cm³/mol. The van der Waals surface area contributed by atoms with Crippen LogP contribution in [0.15, 0.2) is 70.1 Å². The van der Waals surface area contributed by atoms with Gasteiger partial charge in [-0.2, -0.15) is 0 Å². The second-order valence-corrected chi connectivity index (χ2v) is 7.15. The van der Waals surface area contributed by atoms with E-state index in [0.717, 1.165) is 5.56 Å². The lowest BCUT2D eigenvalue weighted by Crippen LogP contribution is -2.31. The van der Waals surface area contributed by atoms with Crippen molar-refractivity contribution in [3.8, 4) is 0 Å². The first-order valence-corrected chi connectivity index (χ1v) is 9.38. The van der Waals surface area contributed by atoms with E-state index in [1.807, 2.05) is 6.92 Å². The van der Waals surface area contributed by atoms with Crippen molar-refractivity contribution in [3.63, 3.8) is 0 Å². The van der Waals surface area contributed by atoms with E-state index < -0.39 is 16.9 Å². The second kappa shape index (κ2) is 6.84. The molecule has 2 aromatic carbocycles. The van der Waals surface area contributed by atoms with Crippen molar-refractivity contribution < 1.29 is 14.1 Å². The normalized spacial score (nSPS) is 15.3. The highest BCUT2D eigenvalue weighted by Gasteiger charge is 2.45. The molecule has 1 aliphatic heterocycles. The Kier molecular flexibility index (Phi) is 4.11. The smallest absolute Gasteiger partial charge is 0.297 e. The second-order valence-electron chi connectivity index (χ2n) is 7.15. The van der Waals surface area contributed by atoms with Gasteiger partial charge in [0.2, 0.25) is 11.7 Å². The van der Waals surface area contributed by atoms with Gasteiger partial charge in [0, 0.05) is 24.5 Å². The lowest BCUT2D eigenvalue weighted by Gasteiger charge is -2.22. The maximum Gasteiger partial charge on any atom is 0.297 e. The van der Waals surface area contributed by atoms with Crippen molar-refractivity contribution in [3.05, 3.63) is 104 Å². The minimum atomic E-state index is -0.883. The van der Waals surface area contributed by atoms with E-state index in [-0.39, 0.29) is 28.4 Å². The van der Waals surface area contributed by atoms with Crippen molar-refractivity contribution >= 4 is 28.5 Å². The summed E-state index contributed by atoms with van der Waals surface area (Å²) in [5.41, 5.74) is 1.40. The summed E-state index contributed by atoms with van der Waals surface area (Å²) in [6.07, 6.45) is 2.97. The number of nitro groups is 1. The van der Waals surface area contributed by atoms with E-state index in [0.29, 0.717) is 16.5 Å². The zero-order valence-corrected chi connectivity index (χ0v) is 16.2. The average molecular weight is 414 g/mol. The molecule has 1 unspecified atom stereocenters. The number of amides is 1. The van der Waals surface area contributed by atoms with Crippen molar-refractivity contribution in [2.75, 3.05) is 4.90 Å². The third kappa shape index (κ3) is 2.86. The predicted octanol–water partition coefficient (Wildman–Crippen LogP) is 3.55. The van der Waals surface area contributed by atoms with Crippen molar-refractivity contribution in [2.24, 2.45) is 0 Å². The highest BCUT2D eigenvalue weighted by molar-refractivity contribution is 6.09. The van der Waals surface area contributed by atoms with E-state index in [4.69, 9.17) is 4.42 Å². The number of benzene rings is 2. The van der Waals surface area contributed by atoms with Gasteiger partial charge in [-0.05, 0) is 42.8 Å². The van der Waals surface area contributed by atoms with Gasteiger partial charge >= 0.3 is 0 Å². The first-order chi connectivity index (χ1) is 15.0. The number of non-ortho nitro benzene ring substituents is 1. The van der Waals surface area contributed by atoms with Gasteiger partial charge in [0.25, 0.3) is 11.6 Å². The number of fused-ring (bicyclic) bond motifs is 2. The van der Waals surface area contributed by atoms with Crippen LogP contribution in [0.3, 0.4) is 0 Å². The van der Waals surface area contributed by atoms with Crippen LogP contribution in [-0.2, 0) is 0 Å². The third-order valence-corrected chi connectivity index (χ3v) is 5.21. The molecule has 2 aromatic heterocycles. The van der Waals surface area contributed by atoms with Gasteiger partial charge in [0.1, 0.15) is 5.58 Å². The molecule has 4 aromatic rings. The molecule has 0 fully saturated rings. The molecule has 0 spiro atoms. The summed E-state index contributed by atoms with van der Waals surface area (Å²) >= 11 is 0. The van der Waals surface area contributed by atoms with E-state index >= 15 is 0 Å². The summed E-state index contributed by atoms with van der Waals surface area (Å²) in [6, 6.07) is 11.6. The number of rotatable bonds is 3. The number of carbonyl (C=O) groups is 1. The molecule has 0 saturated carbocycles. The van der Waals surface area contributed by atoms with E-state index in [1.165, 1.54) is 41.6 Å². The van der Waals surface area contributed by atoms with Crippen LogP contribution < -0.4 is 10.3 Å². The zero-order chi connectivity index (χ0) is 21.7. The fraction of sp³-hybridized carbons (Fsp3) is 0.0909. The van der Waals surface area contributed by atoms with Crippen LogP contribution in [0.5, 0.6) is 0 Å². The van der Waals surface area contributed by atoms with Crippen LogP contribution in [0.1, 0.15) is 33.3 Å². The topological polar surface area (TPSA) is 119 Å². The Morgan fingerprint density at radius 1 is 1.06 bits per heavy atom. The van der Waals surface area contributed by atoms with E-state index in [2.05, 4.69) is 9.97 Å². The molecule has 152 valence electrons. The molecule has 5 rings (SSSR count). The minimum absolute atomic E-state index is 0.0860. The summed E-state index contributed by atoms with van der Waals surface area (Å²) in [5, 5.41) is 11.4. The fourth-order valence-electron chi connectivity index (χ4n) is 3.80. The Morgan fingerprint density at radius 3 is 2.45 bits per heavy atom. The molecule has 0 saturated heterocycles. The van der Waals surface area contributed by atoms with E-state index in [9.17, 15) is 19.7 Å². The molecule has 3 heterocycles. The number of hydrogen-bond acceptors (Lipinski definition) is 7. The average Bonchev–Trinajstić information content (AvgIpc) is 3.07. The quantitative estimate of drug-likeness (QED) is 0.371. The van der Waals surface area contributed by atoms with Crippen LogP contribution in [0.25, 0.3) is 11.0 Å². The number of aryl methyl sites for hydroxylation is 1. The molecule has 0 radical (unpaired) electrons. The first-order valence-electron chi connectivity index (χ1n) is 9.38. The van der Waals surface area contributed by atoms with Gasteiger partial charge in [-0.3, -0.25) is 24.6 Å².